The Bertz CT molecular complexity index is 913. The van der Waals surface area contributed by atoms with Gasteiger partial charge >= 0.3 is 6.03 Å². The van der Waals surface area contributed by atoms with Crippen molar-refractivity contribution < 1.29 is 14.4 Å². The summed E-state index contributed by atoms with van der Waals surface area (Å²) in [6.45, 7) is 2.82. The smallest absolute Gasteiger partial charge is 0.311 e. The van der Waals surface area contributed by atoms with E-state index in [1.165, 1.54) is 4.90 Å². The molecule has 1 aromatic carbocycles. The number of hydrogen-bond acceptors (Lipinski definition) is 5. The number of pyridine rings is 1. The van der Waals surface area contributed by atoms with Gasteiger partial charge in [0.25, 0.3) is 0 Å². The lowest BCUT2D eigenvalue weighted by atomic mass is 9.92. The summed E-state index contributed by atoms with van der Waals surface area (Å²) in [7, 11) is 0. The summed E-state index contributed by atoms with van der Waals surface area (Å²) in [4.78, 5) is 45.9. The van der Waals surface area contributed by atoms with E-state index in [-0.39, 0.29) is 30.8 Å². The lowest BCUT2D eigenvalue weighted by molar-refractivity contribution is -0.137. The minimum absolute atomic E-state index is 0.0368. The fourth-order valence-electron chi connectivity index (χ4n) is 4.00. The largest absolute Gasteiger partial charge is 0.327 e. The van der Waals surface area contributed by atoms with Crippen LogP contribution in [0.3, 0.4) is 0 Å². The van der Waals surface area contributed by atoms with Gasteiger partial charge in [-0.25, -0.2) is 4.79 Å². The predicted octanol–water partition coefficient (Wildman–Crippen LogP) is 2.16. The second-order valence-corrected chi connectivity index (χ2v) is 7.62. The SMILES string of the molecule is Cc1ccc(C(=O)CN2C(=O)N(Cc3ccncc3)C(=O)C3NCCCC32)cc1. The summed E-state index contributed by atoms with van der Waals surface area (Å²) < 4.78 is 0. The van der Waals surface area contributed by atoms with Crippen molar-refractivity contribution in [3.63, 3.8) is 0 Å². The third-order valence-electron chi connectivity index (χ3n) is 5.61. The Balaban J connectivity index is 1.59. The number of nitrogens with zero attached hydrogens (tertiary/aromatic N) is 3. The summed E-state index contributed by atoms with van der Waals surface area (Å²) >= 11 is 0. The number of benzene rings is 1. The van der Waals surface area contributed by atoms with Crippen LogP contribution in [0, 0.1) is 6.92 Å². The molecule has 2 aliphatic heterocycles. The molecule has 0 radical (unpaired) electrons. The molecular weight excluding hydrogens is 368 g/mol. The van der Waals surface area contributed by atoms with Crippen molar-refractivity contribution in [3.8, 4) is 0 Å². The van der Waals surface area contributed by atoms with Crippen LogP contribution in [-0.4, -0.2) is 57.7 Å². The number of aromatic nitrogens is 1. The number of amides is 3. The van der Waals surface area contributed by atoms with Crippen LogP contribution < -0.4 is 5.32 Å². The first-order chi connectivity index (χ1) is 14.0. The van der Waals surface area contributed by atoms with Gasteiger partial charge in [-0.15, -0.1) is 0 Å². The van der Waals surface area contributed by atoms with Gasteiger partial charge in [0, 0.05) is 18.0 Å². The zero-order valence-corrected chi connectivity index (χ0v) is 16.4. The summed E-state index contributed by atoms with van der Waals surface area (Å²) in [5, 5.41) is 3.25. The molecular formula is C22H24N4O3. The average Bonchev–Trinajstić information content (AvgIpc) is 2.75. The van der Waals surface area contributed by atoms with Crippen LogP contribution in [0.4, 0.5) is 4.79 Å². The number of hydrogen-bond donors (Lipinski definition) is 1. The van der Waals surface area contributed by atoms with E-state index in [2.05, 4.69) is 10.3 Å². The molecule has 2 unspecified atom stereocenters. The van der Waals surface area contributed by atoms with Gasteiger partial charge in [-0.2, -0.15) is 0 Å². The minimum atomic E-state index is -0.478. The number of Topliss-reactive ketones (excluding diaryl/α,β-unsaturated/α-hetero) is 1. The lowest BCUT2D eigenvalue weighted by Crippen LogP contribution is -2.69. The lowest BCUT2D eigenvalue weighted by Gasteiger charge is -2.46. The Morgan fingerprint density at radius 2 is 1.86 bits per heavy atom. The maximum Gasteiger partial charge on any atom is 0.327 e. The van der Waals surface area contributed by atoms with Gasteiger partial charge in [0.05, 0.1) is 19.1 Å². The third kappa shape index (κ3) is 3.91. The molecule has 29 heavy (non-hydrogen) atoms. The maximum atomic E-state index is 13.3. The second-order valence-electron chi connectivity index (χ2n) is 7.62. The molecule has 4 rings (SSSR count). The van der Waals surface area contributed by atoms with Crippen LogP contribution in [-0.2, 0) is 11.3 Å². The standard InChI is InChI=1S/C22H24N4O3/c1-15-4-6-17(7-5-15)19(27)14-25-18-3-2-10-24-20(18)21(28)26(22(25)29)13-16-8-11-23-12-9-16/h4-9,11-12,18,20,24H,2-3,10,13-14H2,1H3. The summed E-state index contributed by atoms with van der Waals surface area (Å²) in [6.07, 6.45) is 4.84. The van der Waals surface area contributed by atoms with Crippen LogP contribution in [0.15, 0.2) is 48.8 Å². The molecule has 2 fully saturated rings. The molecule has 7 heteroatoms. The number of piperidine rings is 1. The van der Waals surface area contributed by atoms with Crippen molar-refractivity contribution >= 4 is 17.7 Å². The first-order valence-corrected chi connectivity index (χ1v) is 9.89. The molecule has 2 saturated heterocycles. The van der Waals surface area contributed by atoms with Crippen LogP contribution in [0.2, 0.25) is 0 Å². The number of imide groups is 1. The molecule has 2 aliphatic rings. The minimum Gasteiger partial charge on any atom is -0.311 e. The van der Waals surface area contributed by atoms with E-state index >= 15 is 0 Å². The second kappa shape index (κ2) is 8.13. The maximum absolute atomic E-state index is 13.3. The number of fused-ring (bicyclic) bond motifs is 1. The first-order valence-electron chi connectivity index (χ1n) is 9.89. The fraction of sp³-hybridized carbons (Fsp3) is 0.364. The van der Waals surface area contributed by atoms with Crippen LogP contribution in [0.25, 0.3) is 0 Å². The Morgan fingerprint density at radius 3 is 2.59 bits per heavy atom. The van der Waals surface area contributed by atoms with E-state index < -0.39 is 12.1 Å². The molecule has 2 atom stereocenters. The van der Waals surface area contributed by atoms with E-state index in [0.29, 0.717) is 12.0 Å². The van der Waals surface area contributed by atoms with Crippen LogP contribution >= 0.6 is 0 Å². The van der Waals surface area contributed by atoms with Crippen LogP contribution in [0.1, 0.15) is 34.3 Å². The normalized spacial score (nSPS) is 21.8. The van der Waals surface area contributed by atoms with Gasteiger partial charge in [-0.1, -0.05) is 29.8 Å². The first kappa shape index (κ1) is 19.3. The number of nitrogens with one attached hydrogen (secondary N) is 1. The fourth-order valence-corrected chi connectivity index (χ4v) is 4.00. The number of carbonyl (C=O) groups excluding carboxylic acids is 3. The average molecular weight is 392 g/mol. The number of urea groups is 1. The molecule has 1 N–H and O–H groups in total. The number of ketones is 1. The zero-order valence-electron chi connectivity index (χ0n) is 16.4. The van der Waals surface area contributed by atoms with Gasteiger partial charge in [0.2, 0.25) is 5.91 Å². The van der Waals surface area contributed by atoms with Crippen LogP contribution in [0.5, 0.6) is 0 Å². The van der Waals surface area contributed by atoms with Gasteiger partial charge in [-0.3, -0.25) is 19.5 Å². The quantitative estimate of drug-likeness (QED) is 0.789. The monoisotopic (exact) mass is 392 g/mol. The highest BCUT2D eigenvalue weighted by molar-refractivity contribution is 6.04. The highest BCUT2D eigenvalue weighted by Gasteiger charge is 2.47. The summed E-state index contributed by atoms with van der Waals surface area (Å²) in [5.74, 6) is -0.351. The van der Waals surface area contributed by atoms with Crippen molar-refractivity contribution in [1.82, 2.24) is 20.1 Å². The topological polar surface area (TPSA) is 82.6 Å². The van der Waals surface area contributed by atoms with E-state index in [1.807, 2.05) is 19.1 Å². The van der Waals surface area contributed by atoms with E-state index in [1.54, 1.807) is 41.6 Å². The summed E-state index contributed by atoms with van der Waals surface area (Å²) in [6, 6.07) is 9.71. The number of rotatable bonds is 5. The molecule has 7 nitrogen and oxygen atoms in total. The Hall–Kier alpha value is -3.06. The Kier molecular flexibility index (Phi) is 5.40. The van der Waals surface area contributed by atoms with Gasteiger partial charge in [-0.05, 0) is 44.0 Å². The van der Waals surface area contributed by atoms with Crippen molar-refractivity contribution in [2.45, 2.75) is 38.4 Å². The highest BCUT2D eigenvalue weighted by atomic mass is 16.2. The third-order valence-corrected chi connectivity index (χ3v) is 5.61. The van der Waals surface area contributed by atoms with Gasteiger partial charge in [0.15, 0.2) is 5.78 Å². The number of carbonyl (C=O) groups is 3. The Morgan fingerprint density at radius 1 is 1.14 bits per heavy atom. The van der Waals surface area contributed by atoms with Gasteiger partial charge in [0.1, 0.15) is 6.04 Å². The molecule has 1 aromatic heterocycles. The van der Waals surface area contributed by atoms with E-state index in [0.717, 1.165) is 24.1 Å². The molecule has 0 saturated carbocycles. The van der Waals surface area contributed by atoms with Crippen molar-refractivity contribution in [2.24, 2.45) is 0 Å². The molecule has 3 heterocycles. The van der Waals surface area contributed by atoms with Crippen molar-refractivity contribution in [2.75, 3.05) is 13.1 Å². The zero-order chi connectivity index (χ0) is 20.4. The van der Waals surface area contributed by atoms with E-state index in [9.17, 15) is 14.4 Å². The summed E-state index contributed by atoms with van der Waals surface area (Å²) in [5.41, 5.74) is 2.46. The van der Waals surface area contributed by atoms with Crippen molar-refractivity contribution in [1.29, 1.82) is 0 Å². The van der Waals surface area contributed by atoms with E-state index in [4.69, 9.17) is 0 Å². The molecule has 150 valence electrons. The van der Waals surface area contributed by atoms with Crippen molar-refractivity contribution in [3.05, 3.63) is 65.5 Å². The highest BCUT2D eigenvalue weighted by Crippen LogP contribution is 2.26. The Labute approximate surface area is 169 Å². The number of aryl methyl sites for hydroxylation is 1. The predicted molar refractivity (Wildman–Crippen MR) is 107 cm³/mol. The molecule has 3 amide bonds. The molecule has 0 bridgehead atoms. The molecule has 2 aromatic rings. The van der Waals surface area contributed by atoms with Gasteiger partial charge < -0.3 is 10.2 Å². The molecule has 0 aliphatic carbocycles. The molecule has 0 spiro atoms.